The third-order valence-corrected chi connectivity index (χ3v) is 3.00. The fourth-order valence-electron chi connectivity index (χ4n) is 1.92. The zero-order valence-corrected chi connectivity index (χ0v) is 12.7. The van der Waals surface area contributed by atoms with Gasteiger partial charge in [0.25, 0.3) is 5.91 Å². The van der Waals surface area contributed by atoms with Gasteiger partial charge in [0.1, 0.15) is 0 Å². The number of rotatable bonds is 3. The Morgan fingerprint density at radius 3 is 2.41 bits per heavy atom. The molecule has 0 aliphatic carbocycles. The summed E-state index contributed by atoms with van der Waals surface area (Å²) in [7, 11) is 0. The number of carbonyl (C=O) groups is 1. The molecule has 0 aliphatic heterocycles. The number of nitrogens with one attached hydrogen (secondary N) is 2. The molecule has 0 spiro atoms. The number of amides is 1. The minimum absolute atomic E-state index is 0. The molecule has 0 fully saturated rings. The number of benzene rings is 1. The van der Waals surface area contributed by atoms with Gasteiger partial charge < -0.3 is 10.8 Å². The molecule has 124 valence electrons. The molecule has 1 atom stereocenters. The van der Waals surface area contributed by atoms with Crippen molar-refractivity contribution in [3.8, 4) is 0 Å². The normalized spacial score (nSPS) is 12.3. The predicted molar refractivity (Wildman–Crippen MR) is 78.3 cm³/mol. The lowest BCUT2D eigenvalue weighted by molar-refractivity contribution is -0.138. The Hall–Kier alpha value is -1.80. The minimum Gasteiger partial charge on any atom is -0.396 e. The Labute approximate surface area is 131 Å². The van der Waals surface area contributed by atoms with Crippen LogP contribution in [-0.4, -0.2) is 23.6 Å². The standard InChI is InChI=1S/C13H16F3N3O2.ClH/c1-6-3-8(7(2)5-20)10(13(14,15)16)4-9(6)11(21)19-12(17)18;/h3-4,7,20H,5H2,1-2H3,(H4,17,18,19,21);1H. The molecular weight excluding hydrogens is 323 g/mol. The van der Waals surface area contributed by atoms with Crippen molar-refractivity contribution in [2.45, 2.75) is 25.9 Å². The van der Waals surface area contributed by atoms with Crippen LogP contribution in [0.2, 0.25) is 0 Å². The van der Waals surface area contributed by atoms with Gasteiger partial charge in [-0.2, -0.15) is 13.2 Å². The van der Waals surface area contributed by atoms with Gasteiger partial charge in [0, 0.05) is 18.1 Å². The number of halogens is 4. The quantitative estimate of drug-likeness (QED) is 0.501. The van der Waals surface area contributed by atoms with Crippen molar-refractivity contribution in [1.29, 1.82) is 5.41 Å². The van der Waals surface area contributed by atoms with E-state index in [0.717, 1.165) is 6.07 Å². The van der Waals surface area contributed by atoms with Gasteiger partial charge in [0.05, 0.1) is 5.56 Å². The highest BCUT2D eigenvalue weighted by Gasteiger charge is 2.35. The molecule has 0 aromatic heterocycles. The maximum atomic E-state index is 13.1. The molecule has 1 rings (SSSR count). The van der Waals surface area contributed by atoms with Crippen LogP contribution in [-0.2, 0) is 6.18 Å². The Kier molecular flexibility index (Phi) is 6.85. The van der Waals surface area contributed by atoms with Crippen molar-refractivity contribution in [1.82, 2.24) is 5.32 Å². The van der Waals surface area contributed by atoms with Crippen LogP contribution in [0.15, 0.2) is 12.1 Å². The third-order valence-electron chi connectivity index (χ3n) is 3.00. The second-order valence-electron chi connectivity index (χ2n) is 4.70. The third kappa shape index (κ3) is 4.60. The Bertz CT molecular complexity index is 576. The first kappa shape index (κ1) is 20.2. The van der Waals surface area contributed by atoms with Crippen molar-refractivity contribution < 1.29 is 23.1 Å². The summed E-state index contributed by atoms with van der Waals surface area (Å²) < 4.78 is 39.3. The number of carbonyl (C=O) groups excluding carboxylic acids is 1. The molecule has 5 N–H and O–H groups in total. The number of nitrogens with two attached hydrogens (primary N) is 1. The van der Waals surface area contributed by atoms with E-state index in [-0.39, 0.29) is 23.5 Å². The van der Waals surface area contributed by atoms with Gasteiger partial charge in [-0.05, 0) is 24.1 Å². The molecule has 0 radical (unpaired) electrons. The number of hydrogen-bond donors (Lipinski definition) is 4. The highest BCUT2D eigenvalue weighted by Crippen LogP contribution is 2.36. The van der Waals surface area contributed by atoms with E-state index in [1.54, 1.807) is 0 Å². The number of aliphatic hydroxyl groups is 1. The van der Waals surface area contributed by atoms with Crippen molar-refractivity contribution in [2.24, 2.45) is 5.73 Å². The van der Waals surface area contributed by atoms with Crippen LogP contribution in [0.1, 0.15) is 39.9 Å². The fourth-order valence-corrected chi connectivity index (χ4v) is 1.92. The maximum absolute atomic E-state index is 13.1. The highest BCUT2D eigenvalue weighted by atomic mass is 35.5. The van der Waals surface area contributed by atoms with Gasteiger partial charge in [-0.1, -0.05) is 13.0 Å². The molecule has 1 amide bonds. The molecule has 0 saturated heterocycles. The molecule has 1 aromatic rings. The summed E-state index contributed by atoms with van der Waals surface area (Å²) in [5.41, 5.74) is 4.02. The summed E-state index contributed by atoms with van der Waals surface area (Å²) in [5, 5.41) is 18.0. The number of aryl methyl sites for hydroxylation is 1. The van der Waals surface area contributed by atoms with E-state index in [2.05, 4.69) is 0 Å². The summed E-state index contributed by atoms with van der Waals surface area (Å²) in [6.45, 7) is 2.49. The number of hydrogen-bond acceptors (Lipinski definition) is 3. The topological polar surface area (TPSA) is 99.2 Å². The monoisotopic (exact) mass is 339 g/mol. The van der Waals surface area contributed by atoms with E-state index in [1.165, 1.54) is 19.9 Å². The molecular formula is C13H17ClF3N3O2. The average Bonchev–Trinajstić information content (AvgIpc) is 2.34. The lowest BCUT2D eigenvalue weighted by Gasteiger charge is -2.19. The zero-order chi connectivity index (χ0) is 16.4. The predicted octanol–water partition coefficient (Wildman–Crippen LogP) is 2.15. The Balaban J connectivity index is 0.00000441. The van der Waals surface area contributed by atoms with Gasteiger partial charge in [0.2, 0.25) is 0 Å². The molecule has 9 heteroatoms. The summed E-state index contributed by atoms with van der Waals surface area (Å²) in [6.07, 6.45) is -4.66. The summed E-state index contributed by atoms with van der Waals surface area (Å²) in [4.78, 5) is 11.8. The van der Waals surface area contributed by atoms with Crippen molar-refractivity contribution in [3.63, 3.8) is 0 Å². The second-order valence-corrected chi connectivity index (χ2v) is 4.70. The van der Waals surface area contributed by atoms with E-state index in [9.17, 15) is 18.0 Å². The van der Waals surface area contributed by atoms with E-state index in [0.29, 0.717) is 5.56 Å². The minimum atomic E-state index is -4.66. The van der Waals surface area contributed by atoms with Crippen LogP contribution in [0.25, 0.3) is 0 Å². The lowest BCUT2D eigenvalue weighted by Crippen LogP contribution is -2.36. The van der Waals surface area contributed by atoms with Crippen LogP contribution in [0.5, 0.6) is 0 Å². The van der Waals surface area contributed by atoms with Crippen molar-refractivity contribution in [2.75, 3.05) is 6.61 Å². The molecule has 1 unspecified atom stereocenters. The van der Waals surface area contributed by atoms with Crippen LogP contribution < -0.4 is 11.1 Å². The van der Waals surface area contributed by atoms with Crippen LogP contribution in [0.4, 0.5) is 13.2 Å². The molecule has 22 heavy (non-hydrogen) atoms. The Morgan fingerprint density at radius 1 is 1.45 bits per heavy atom. The first-order valence-electron chi connectivity index (χ1n) is 6.05. The van der Waals surface area contributed by atoms with Gasteiger partial charge in [-0.15, -0.1) is 12.4 Å². The smallest absolute Gasteiger partial charge is 0.396 e. The van der Waals surface area contributed by atoms with Gasteiger partial charge >= 0.3 is 6.18 Å². The summed E-state index contributed by atoms with van der Waals surface area (Å²) in [5.74, 6) is -2.25. The molecule has 5 nitrogen and oxygen atoms in total. The number of aliphatic hydroxyl groups excluding tert-OH is 1. The largest absolute Gasteiger partial charge is 0.416 e. The van der Waals surface area contributed by atoms with Crippen molar-refractivity contribution >= 4 is 24.3 Å². The second kappa shape index (κ2) is 7.46. The van der Waals surface area contributed by atoms with E-state index < -0.39 is 36.1 Å². The van der Waals surface area contributed by atoms with Gasteiger partial charge in [-0.3, -0.25) is 15.5 Å². The summed E-state index contributed by atoms with van der Waals surface area (Å²) >= 11 is 0. The average molecular weight is 340 g/mol. The fraction of sp³-hybridized carbons (Fsp3) is 0.385. The van der Waals surface area contributed by atoms with E-state index >= 15 is 0 Å². The van der Waals surface area contributed by atoms with Crippen LogP contribution in [0, 0.1) is 12.3 Å². The molecule has 0 heterocycles. The first-order chi connectivity index (χ1) is 9.57. The number of alkyl halides is 3. The van der Waals surface area contributed by atoms with Crippen LogP contribution in [0.3, 0.4) is 0 Å². The lowest BCUT2D eigenvalue weighted by atomic mass is 9.91. The summed E-state index contributed by atoms with van der Waals surface area (Å²) in [6, 6.07) is 1.94. The van der Waals surface area contributed by atoms with Gasteiger partial charge in [0.15, 0.2) is 5.96 Å². The highest BCUT2D eigenvalue weighted by molar-refractivity contribution is 6.05. The van der Waals surface area contributed by atoms with Crippen LogP contribution >= 0.6 is 12.4 Å². The first-order valence-corrected chi connectivity index (χ1v) is 6.05. The molecule has 0 bridgehead atoms. The molecule has 1 aromatic carbocycles. The molecule has 0 saturated carbocycles. The van der Waals surface area contributed by atoms with Gasteiger partial charge in [-0.25, -0.2) is 0 Å². The van der Waals surface area contributed by atoms with E-state index in [4.69, 9.17) is 16.2 Å². The van der Waals surface area contributed by atoms with Crippen molar-refractivity contribution in [3.05, 3.63) is 34.4 Å². The van der Waals surface area contributed by atoms with E-state index in [1.807, 2.05) is 5.32 Å². The maximum Gasteiger partial charge on any atom is 0.416 e. The molecule has 0 aliphatic rings. The SMILES string of the molecule is Cc1cc(C(C)CO)c(C(F)(F)F)cc1C(=O)NC(=N)N.Cl. The Morgan fingerprint density at radius 2 is 2.00 bits per heavy atom. The zero-order valence-electron chi connectivity index (χ0n) is 11.9. The number of guanidine groups is 1.